The van der Waals surface area contributed by atoms with Gasteiger partial charge in [-0.05, 0) is 36.7 Å². The fraction of sp³-hybridized carbons (Fsp3) is 0.538. The van der Waals surface area contributed by atoms with Crippen molar-refractivity contribution in [3.8, 4) is 5.75 Å². The van der Waals surface area contributed by atoms with Crippen LogP contribution in [0.1, 0.15) is 31.9 Å². The molecule has 84 valence electrons. The Bertz CT molecular complexity index is 337. The molecule has 0 aromatic heterocycles. The first kappa shape index (κ1) is 12.1. The summed E-state index contributed by atoms with van der Waals surface area (Å²) < 4.78 is 0. The highest BCUT2D eigenvalue weighted by molar-refractivity contribution is 5.40. The second kappa shape index (κ2) is 4.23. The lowest BCUT2D eigenvalue weighted by atomic mass is 9.85. The van der Waals surface area contributed by atoms with E-state index in [-0.39, 0.29) is 5.41 Å². The normalized spacial score (nSPS) is 12.1. The third kappa shape index (κ3) is 3.24. The summed E-state index contributed by atoms with van der Waals surface area (Å²) in [5, 5.41) is 9.79. The number of aromatic hydroxyl groups is 1. The first-order chi connectivity index (χ1) is 6.80. The molecule has 0 saturated heterocycles. The molecule has 0 aliphatic rings. The minimum atomic E-state index is -0.00753. The second-order valence-corrected chi connectivity index (χ2v) is 5.34. The quantitative estimate of drug-likeness (QED) is 0.806. The molecule has 0 aliphatic carbocycles. The number of rotatable bonds is 2. The van der Waals surface area contributed by atoms with Gasteiger partial charge in [-0.2, -0.15) is 0 Å². The molecule has 0 saturated carbocycles. The fourth-order valence-corrected chi connectivity index (χ4v) is 1.65. The van der Waals surface area contributed by atoms with E-state index in [0.29, 0.717) is 5.75 Å². The highest BCUT2D eigenvalue weighted by Gasteiger charge is 2.18. The van der Waals surface area contributed by atoms with Gasteiger partial charge in [-0.1, -0.05) is 32.9 Å². The Hall–Kier alpha value is -1.02. The van der Waals surface area contributed by atoms with Crippen molar-refractivity contribution in [3.63, 3.8) is 0 Å². The molecule has 0 heterocycles. The average Bonchev–Trinajstić information content (AvgIpc) is 2.05. The summed E-state index contributed by atoms with van der Waals surface area (Å²) in [5.41, 5.74) is 2.25. The van der Waals surface area contributed by atoms with Gasteiger partial charge in [0.25, 0.3) is 0 Å². The van der Waals surface area contributed by atoms with Crippen LogP contribution < -0.4 is 0 Å². The van der Waals surface area contributed by atoms with Gasteiger partial charge in [-0.25, -0.2) is 0 Å². The molecule has 15 heavy (non-hydrogen) atoms. The van der Waals surface area contributed by atoms with Crippen molar-refractivity contribution in [1.82, 2.24) is 4.90 Å². The molecule has 0 bridgehead atoms. The molecule has 1 rings (SSSR count). The molecular weight excluding hydrogens is 186 g/mol. The summed E-state index contributed by atoms with van der Waals surface area (Å²) in [5.74, 6) is 0.394. The van der Waals surface area contributed by atoms with Gasteiger partial charge < -0.3 is 10.0 Å². The Kier molecular flexibility index (Phi) is 3.40. The van der Waals surface area contributed by atoms with Crippen molar-refractivity contribution in [2.45, 2.75) is 32.7 Å². The van der Waals surface area contributed by atoms with E-state index in [1.165, 1.54) is 5.56 Å². The van der Waals surface area contributed by atoms with E-state index in [4.69, 9.17) is 0 Å². The van der Waals surface area contributed by atoms with Gasteiger partial charge in [-0.3, -0.25) is 0 Å². The molecule has 0 fully saturated rings. The Morgan fingerprint density at radius 3 is 2.27 bits per heavy atom. The van der Waals surface area contributed by atoms with Crippen molar-refractivity contribution in [2.75, 3.05) is 14.1 Å². The lowest BCUT2D eigenvalue weighted by Gasteiger charge is -2.22. The van der Waals surface area contributed by atoms with E-state index in [9.17, 15) is 5.11 Å². The summed E-state index contributed by atoms with van der Waals surface area (Å²) in [6, 6.07) is 5.86. The summed E-state index contributed by atoms with van der Waals surface area (Å²) in [7, 11) is 4.09. The van der Waals surface area contributed by atoms with Gasteiger partial charge in [0.15, 0.2) is 0 Å². The molecule has 2 heteroatoms. The van der Waals surface area contributed by atoms with Crippen LogP contribution in [0.3, 0.4) is 0 Å². The van der Waals surface area contributed by atoms with Crippen LogP contribution in [0.25, 0.3) is 0 Å². The largest absolute Gasteiger partial charge is 0.508 e. The smallest absolute Gasteiger partial charge is 0.119 e. The maximum Gasteiger partial charge on any atom is 0.119 e. The Morgan fingerprint density at radius 2 is 1.80 bits per heavy atom. The van der Waals surface area contributed by atoms with Crippen LogP contribution in [0.2, 0.25) is 0 Å². The molecule has 2 nitrogen and oxygen atoms in total. The molecule has 1 N–H and O–H groups in total. The van der Waals surface area contributed by atoms with E-state index in [1.807, 2.05) is 20.2 Å². The lowest BCUT2D eigenvalue weighted by molar-refractivity contribution is 0.400. The number of phenolic OH excluding ortho intramolecular Hbond substituents is 1. The van der Waals surface area contributed by atoms with Crippen molar-refractivity contribution >= 4 is 0 Å². The van der Waals surface area contributed by atoms with Crippen LogP contribution in [-0.4, -0.2) is 24.1 Å². The monoisotopic (exact) mass is 207 g/mol. The first-order valence-electron chi connectivity index (χ1n) is 5.28. The number of hydrogen-bond acceptors (Lipinski definition) is 2. The van der Waals surface area contributed by atoms with Crippen molar-refractivity contribution in [2.24, 2.45) is 0 Å². The second-order valence-electron chi connectivity index (χ2n) is 5.34. The van der Waals surface area contributed by atoms with E-state index >= 15 is 0 Å². The summed E-state index contributed by atoms with van der Waals surface area (Å²) in [6.45, 7) is 7.24. The van der Waals surface area contributed by atoms with Crippen molar-refractivity contribution in [3.05, 3.63) is 29.3 Å². The van der Waals surface area contributed by atoms with Crippen molar-refractivity contribution < 1.29 is 5.11 Å². The molecule has 0 aliphatic heterocycles. The van der Waals surface area contributed by atoms with Crippen molar-refractivity contribution in [1.29, 1.82) is 0 Å². The third-order valence-corrected chi connectivity index (χ3v) is 2.37. The fourth-order valence-electron chi connectivity index (χ4n) is 1.65. The molecule has 0 atom stereocenters. The Balaban J connectivity index is 3.06. The Morgan fingerprint density at radius 1 is 1.20 bits per heavy atom. The molecule has 0 radical (unpaired) electrons. The van der Waals surface area contributed by atoms with Crippen LogP contribution >= 0.6 is 0 Å². The number of hydrogen-bond donors (Lipinski definition) is 1. The number of phenols is 1. The number of benzene rings is 1. The molecule has 1 aromatic carbocycles. The van der Waals surface area contributed by atoms with E-state index in [1.54, 1.807) is 6.07 Å². The highest BCUT2D eigenvalue weighted by Crippen LogP contribution is 2.31. The summed E-state index contributed by atoms with van der Waals surface area (Å²) >= 11 is 0. The van der Waals surface area contributed by atoms with Gasteiger partial charge in [-0.15, -0.1) is 0 Å². The molecule has 0 unspecified atom stereocenters. The van der Waals surface area contributed by atoms with Crippen LogP contribution in [0, 0.1) is 0 Å². The predicted octanol–water partition coefficient (Wildman–Crippen LogP) is 2.75. The van der Waals surface area contributed by atoms with E-state index in [2.05, 4.69) is 31.7 Å². The topological polar surface area (TPSA) is 23.5 Å². The number of nitrogens with zero attached hydrogens (tertiary/aromatic N) is 1. The average molecular weight is 207 g/mol. The van der Waals surface area contributed by atoms with Gasteiger partial charge in [0, 0.05) is 6.54 Å². The lowest BCUT2D eigenvalue weighted by Crippen LogP contribution is -2.14. The molecule has 0 spiro atoms. The van der Waals surface area contributed by atoms with Gasteiger partial charge in [0.05, 0.1) is 0 Å². The first-order valence-corrected chi connectivity index (χ1v) is 5.28. The third-order valence-electron chi connectivity index (χ3n) is 2.37. The zero-order valence-corrected chi connectivity index (χ0v) is 10.3. The predicted molar refractivity (Wildman–Crippen MR) is 64.2 cm³/mol. The van der Waals surface area contributed by atoms with Crippen LogP contribution in [0.15, 0.2) is 18.2 Å². The van der Waals surface area contributed by atoms with Crippen LogP contribution in [0.5, 0.6) is 5.75 Å². The van der Waals surface area contributed by atoms with Gasteiger partial charge >= 0.3 is 0 Å². The van der Waals surface area contributed by atoms with Gasteiger partial charge in [0.2, 0.25) is 0 Å². The van der Waals surface area contributed by atoms with E-state index in [0.717, 1.165) is 12.1 Å². The highest BCUT2D eigenvalue weighted by atomic mass is 16.3. The summed E-state index contributed by atoms with van der Waals surface area (Å²) in [6.07, 6.45) is 0. The Labute approximate surface area is 92.5 Å². The zero-order chi connectivity index (χ0) is 11.6. The SMILES string of the molecule is CN(C)Cc1ccc(O)c(C(C)(C)C)c1. The minimum absolute atomic E-state index is 0.00753. The minimum Gasteiger partial charge on any atom is -0.508 e. The summed E-state index contributed by atoms with van der Waals surface area (Å²) in [4.78, 5) is 2.12. The molecule has 1 aromatic rings. The molecule has 0 amide bonds. The maximum atomic E-state index is 9.79. The van der Waals surface area contributed by atoms with Crippen LogP contribution in [-0.2, 0) is 12.0 Å². The standard InChI is InChI=1S/C13H21NO/c1-13(2,3)11-8-10(9-14(4)5)6-7-12(11)15/h6-8,15H,9H2,1-5H3. The zero-order valence-electron chi connectivity index (χ0n) is 10.3. The van der Waals surface area contributed by atoms with Crippen LogP contribution in [0.4, 0.5) is 0 Å². The maximum absolute atomic E-state index is 9.79. The van der Waals surface area contributed by atoms with Gasteiger partial charge in [0.1, 0.15) is 5.75 Å². The molecular formula is C13H21NO. The van der Waals surface area contributed by atoms with E-state index < -0.39 is 0 Å².